The molecule has 5 heterocycles. The number of nitrogens with zero attached hydrogens (tertiary/aromatic N) is 4. The number of rotatable bonds is 3. The first-order valence-electron chi connectivity index (χ1n) is 9.07. The Morgan fingerprint density at radius 1 is 1.21 bits per heavy atom. The maximum absolute atomic E-state index is 12.8. The highest BCUT2D eigenvalue weighted by Gasteiger charge is 2.23. The number of nitrogens with one attached hydrogen (secondary N) is 1. The van der Waals surface area contributed by atoms with Crippen LogP contribution in [-0.2, 0) is 0 Å². The largest absolute Gasteiger partial charge is 0.355 e. The summed E-state index contributed by atoms with van der Waals surface area (Å²) in [6.45, 7) is 1.17. The van der Waals surface area contributed by atoms with E-state index in [0.29, 0.717) is 24.5 Å². The van der Waals surface area contributed by atoms with E-state index in [4.69, 9.17) is 4.52 Å². The molecule has 4 aromatic heterocycles. The van der Waals surface area contributed by atoms with Crippen molar-refractivity contribution in [2.45, 2.75) is 6.42 Å². The number of aromatic nitrogens is 4. The van der Waals surface area contributed by atoms with Crippen LogP contribution in [0, 0.1) is 0 Å². The molecule has 0 saturated heterocycles. The topological polar surface area (TPSA) is 87.9 Å². The van der Waals surface area contributed by atoms with Crippen molar-refractivity contribution in [3.63, 3.8) is 0 Å². The number of amides is 1. The average Bonchev–Trinajstić information content (AvgIpc) is 3.42. The number of fused-ring (bicyclic) bond motifs is 1. The van der Waals surface area contributed by atoms with Crippen molar-refractivity contribution < 1.29 is 9.32 Å². The molecule has 0 atom stereocenters. The summed E-state index contributed by atoms with van der Waals surface area (Å²) < 4.78 is 5.33. The van der Waals surface area contributed by atoms with Gasteiger partial charge in [-0.1, -0.05) is 11.2 Å². The van der Waals surface area contributed by atoms with Crippen LogP contribution in [0.15, 0.2) is 65.7 Å². The third kappa shape index (κ3) is 2.87. The van der Waals surface area contributed by atoms with E-state index in [9.17, 15) is 4.79 Å². The molecule has 7 nitrogen and oxygen atoms in total. The molecule has 0 spiro atoms. The van der Waals surface area contributed by atoms with Crippen molar-refractivity contribution in [1.29, 1.82) is 0 Å². The highest BCUT2D eigenvalue weighted by atomic mass is 16.5. The van der Waals surface area contributed by atoms with Gasteiger partial charge in [-0.3, -0.25) is 9.78 Å². The van der Waals surface area contributed by atoms with Gasteiger partial charge in [0.15, 0.2) is 11.5 Å². The van der Waals surface area contributed by atoms with Crippen molar-refractivity contribution >= 4 is 22.5 Å². The lowest BCUT2D eigenvalue weighted by Crippen LogP contribution is -2.34. The lowest BCUT2D eigenvalue weighted by Gasteiger charge is -2.25. The van der Waals surface area contributed by atoms with Crippen LogP contribution >= 0.6 is 0 Å². The van der Waals surface area contributed by atoms with E-state index in [1.807, 2.05) is 24.4 Å². The molecule has 4 aromatic rings. The van der Waals surface area contributed by atoms with Gasteiger partial charge in [0.05, 0.1) is 0 Å². The summed E-state index contributed by atoms with van der Waals surface area (Å²) in [6.07, 6.45) is 10.0. The first-order valence-corrected chi connectivity index (χ1v) is 9.07. The summed E-state index contributed by atoms with van der Waals surface area (Å²) in [5.74, 6) is 0.408. The molecule has 1 N–H and O–H groups in total. The molecule has 0 saturated carbocycles. The van der Waals surface area contributed by atoms with Crippen LogP contribution in [0.1, 0.15) is 22.5 Å². The Balaban J connectivity index is 1.34. The molecular formula is C21H17N5O2. The highest BCUT2D eigenvalue weighted by molar-refractivity contribution is 5.95. The van der Waals surface area contributed by atoms with E-state index in [1.54, 1.807) is 29.6 Å². The third-order valence-corrected chi connectivity index (χ3v) is 4.97. The van der Waals surface area contributed by atoms with Crippen LogP contribution in [0.3, 0.4) is 0 Å². The van der Waals surface area contributed by atoms with Gasteiger partial charge < -0.3 is 14.4 Å². The summed E-state index contributed by atoms with van der Waals surface area (Å²) in [7, 11) is 0. The quantitative estimate of drug-likeness (QED) is 0.595. The summed E-state index contributed by atoms with van der Waals surface area (Å²) >= 11 is 0. The standard InChI is InChI=1S/C21H17N5O2/c27-21(18-11-19(28-25-18)15-3-1-7-22-12-15)26-9-5-14(6-10-26)17-13-24-20-16(17)4-2-8-23-20/h1-5,7-8,11-13H,6,9-10H2,(H,23,24). The number of aromatic amines is 1. The summed E-state index contributed by atoms with van der Waals surface area (Å²) in [4.78, 5) is 26.2. The fourth-order valence-corrected chi connectivity index (χ4v) is 3.50. The number of carbonyl (C=O) groups excluding carboxylic acids is 1. The number of hydrogen-bond donors (Lipinski definition) is 1. The molecule has 28 heavy (non-hydrogen) atoms. The molecule has 1 amide bonds. The Morgan fingerprint density at radius 3 is 2.96 bits per heavy atom. The van der Waals surface area contributed by atoms with Crippen molar-refractivity contribution in [1.82, 2.24) is 25.0 Å². The minimum Gasteiger partial charge on any atom is -0.355 e. The van der Waals surface area contributed by atoms with Crippen molar-refractivity contribution in [3.8, 4) is 11.3 Å². The first kappa shape index (κ1) is 16.4. The molecule has 0 bridgehead atoms. The van der Waals surface area contributed by atoms with Crippen LogP contribution in [0.4, 0.5) is 0 Å². The predicted molar refractivity (Wildman–Crippen MR) is 104 cm³/mol. The zero-order valence-corrected chi connectivity index (χ0v) is 15.0. The lowest BCUT2D eigenvalue weighted by atomic mass is 9.99. The summed E-state index contributed by atoms with van der Waals surface area (Å²) in [5.41, 5.74) is 4.35. The zero-order valence-electron chi connectivity index (χ0n) is 15.0. The average molecular weight is 371 g/mol. The molecule has 138 valence electrons. The molecule has 1 aliphatic heterocycles. The summed E-state index contributed by atoms with van der Waals surface area (Å²) in [5, 5.41) is 5.05. The Labute approximate surface area is 160 Å². The lowest BCUT2D eigenvalue weighted by molar-refractivity contribution is 0.0762. The van der Waals surface area contributed by atoms with Gasteiger partial charge in [0.2, 0.25) is 0 Å². The monoisotopic (exact) mass is 371 g/mol. The SMILES string of the molecule is O=C(c1cc(-c2cccnc2)on1)N1CC=C(c2c[nH]c3ncccc23)CC1. The fraction of sp³-hybridized carbons (Fsp3) is 0.143. The van der Waals surface area contributed by atoms with E-state index in [-0.39, 0.29) is 5.91 Å². The number of hydrogen-bond acceptors (Lipinski definition) is 5. The van der Waals surface area contributed by atoms with E-state index in [2.05, 4.69) is 32.3 Å². The summed E-state index contributed by atoms with van der Waals surface area (Å²) in [6, 6.07) is 9.35. The van der Waals surface area contributed by atoms with E-state index < -0.39 is 0 Å². The van der Waals surface area contributed by atoms with Crippen LogP contribution in [-0.4, -0.2) is 44.0 Å². The highest BCUT2D eigenvalue weighted by Crippen LogP contribution is 2.29. The van der Waals surface area contributed by atoms with E-state index in [0.717, 1.165) is 28.6 Å². The molecule has 0 aromatic carbocycles. The molecule has 1 aliphatic rings. The zero-order chi connectivity index (χ0) is 18.9. The smallest absolute Gasteiger partial charge is 0.276 e. The molecule has 5 rings (SSSR count). The second kappa shape index (κ2) is 6.77. The second-order valence-corrected chi connectivity index (χ2v) is 6.65. The van der Waals surface area contributed by atoms with Gasteiger partial charge in [-0.2, -0.15) is 0 Å². The Hall–Kier alpha value is -3.74. The fourth-order valence-electron chi connectivity index (χ4n) is 3.50. The number of pyridine rings is 2. The molecule has 0 fully saturated rings. The Bertz CT molecular complexity index is 1180. The van der Waals surface area contributed by atoms with Gasteiger partial charge in [-0.15, -0.1) is 0 Å². The minimum atomic E-state index is -0.130. The molecule has 0 unspecified atom stereocenters. The van der Waals surface area contributed by atoms with E-state index in [1.165, 1.54) is 5.57 Å². The number of H-pyrrole nitrogens is 1. The maximum Gasteiger partial charge on any atom is 0.276 e. The molecule has 0 aliphatic carbocycles. The molecule has 0 radical (unpaired) electrons. The van der Waals surface area contributed by atoms with Gasteiger partial charge in [-0.25, -0.2) is 4.98 Å². The normalized spacial score (nSPS) is 14.3. The Morgan fingerprint density at radius 2 is 2.14 bits per heavy atom. The minimum absolute atomic E-state index is 0.130. The van der Waals surface area contributed by atoms with Gasteiger partial charge in [0, 0.05) is 60.5 Å². The van der Waals surface area contributed by atoms with Crippen LogP contribution in [0.5, 0.6) is 0 Å². The van der Waals surface area contributed by atoms with Gasteiger partial charge in [0.1, 0.15) is 5.65 Å². The molecular weight excluding hydrogens is 354 g/mol. The molecule has 7 heteroatoms. The number of carbonyl (C=O) groups is 1. The predicted octanol–water partition coefficient (Wildman–Crippen LogP) is 3.54. The van der Waals surface area contributed by atoms with Crippen molar-refractivity contribution in [3.05, 3.63) is 72.5 Å². The van der Waals surface area contributed by atoms with Crippen LogP contribution in [0.25, 0.3) is 27.9 Å². The van der Waals surface area contributed by atoms with Gasteiger partial charge in [0.25, 0.3) is 5.91 Å². The Kier molecular flexibility index (Phi) is 3.97. The first-order chi connectivity index (χ1) is 13.8. The van der Waals surface area contributed by atoms with Crippen molar-refractivity contribution in [2.75, 3.05) is 13.1 Å². The van der Waals surface area contributed by atoms with Crippen LogP contribution < -0.4 is 0 Å². The second-order valence-electron chi connectivity index (χ2n) is 6.65. The maximum atomic E-state index is 12.8. The van der Waals surface area contributed by atoms with Gasteiger partial charge >= 0.3 is 0 Å². The van der Waals surface area contributed by atoms with E-state index >= 15 is 0 Å². The van der Waals surface area contributed by atoms with Crippen molar-refractivity contribution in [2.24, 2.45) is 0 Å². The third-order valence-electron chi connectivity index (χ3n) is 4.97. The van der Waals surface area contributed by atoms with Crippen LogP contribution in [0.2, 0.25) is 0 Å². The van der Waals surface area contributed by atoms with Gasteiger partial charge in [-0.05, 0) is 36.3 Å².